The SMILES string of the molecule is C1CN(C2CCNCC2)C1.O=Cc1cc(-c2ccc(F)cc2Cl)c2ccc(=O)n(-c3c(Cl)cccc3Cl)c2c1.O=c1ccc2c(-c3ccc(F)cc3Cl)cc(CN3CCC(N4CCC4)CC3)cc2n1-c1c(Cl)cccc1Cl. The van der Waals surface area contributed by atoms with Crippen molar-refractivity contribution in [2.24, 2.45) is 0 Å². The second kappa shape index (κ2) is 24.5. The van der Waals surface area contributed by atoms with Gasteiger partial charge in [-0.25, -0.2) is 8.78 Å². The van der Waals surface area contributed by atoms with Gasteiger partial charge in [-0.1, -0.05) is 81.7 Å². The number of carbonyl (C=O) groups is 1. The van der Waals surface area contributed by atoms with Crippen molar-refractivity contribution in [3.63, 3.8) is 0 Å². The molecule has 0 radical (unpaired) electrons. The van der Waals surface area contributed by atoms with Crippen molar-refractivity contribution in [3.05, 3.63) is 195 Å². The fourth-order valence-corrected chi connectivity index (χ4v) is 12.6. The maximum atomic E-state index is 13.9. The lowest BCUT2D eigenvalue weighted by Gasteiger charge is -2.43. The Morgan fingerprint density at radius 1 is 0.494 bits per heavy atom. The third-order valence-corrected chi connectivity index (χ3v) is 16.9. The molecule has 0 spiro atoms. The number of rotatable bonds is 9. The molecule has 0 amide bonds. The van der Waals surface area contributed by atoms with Gasteiger partial charge >= 0.3 is 0 Å². The van der Waals surface area contributed by atoms with Crippen LogP contribution in [0.15, 0.2) is 131 Å². The van der Waals surface area contributed by atoms with Gasteiger partial charge in [0.1, 0.15) is 17.9 Å². The topological polar surface area (TPSA) is 82.8 Å². The van der Waals surface area contributed by atoms with E-state index >= 15 is 0 Å². The molecular weight excluding hydrogens is 1100 g/mol. The average molecular weight is 1160 g/mol. The highest BCUT2D eigenvalue weighted by atomic mass is 35.5. The summed E-state index contributed by atoms with van der Waals surface area (Å²) in [5.74, 6) is -0.876. The van der Waals surface area contributed by atoms with E-state index in [1.165, 1.54) is 112 Å². The van der Waals surface area contributed by atoms with E-state index in [9.17, 15) is 23.2 Å². The van der Waals surface area contributed by atoms with Crippen LogP contribution in [-0.4, -0.2) is 94.6 Å². The first kappa shape index (κ1) is 55.2. The highest BCUT2D eigenvalue weighted by Gasteiger charge is 2.29. The van der Waals surface area contributed by atoms with Crippen molar-refractivity contribution in [2.75, 3.05) is 52.4 Å². The van der Waals surface area contributed by atoms with Gasteiger partial charge in [-0.3, -0.25) is 28.4 Å². The number of pyridine rings is 2. The van der Waals surface area contributed by atoms with E-state index < -0.39 is 11.6 Å². The minimum atomic E-state index is -0.477. The Hall–Kier alpha value is -5.15. The van der Waals surface area contributed by atoms with Crippen LogP contribution >= 0.6 is 69.6 Å². The summed E-state index contributed by atoms with van der Waals surface area (Å²) >= 11 is 38.6. The van der Waals surface area contributed by atoms with Crippen molar-refractivity contribution in [1.82, 2.24) is 29.2 Å². The van der Waals surface area contributed by atoms with E-state index in [4.69, 9.17) is 69.6 Å². The zero-order chi connectivity index (χ0) is 53.9. The lowest BCUT2D eigenvalue weighted by Crippen LogP contribution is -2.50. The van der Waals surface area contributed by atoms with Gasteiger partial charge in [-0.05, 0) is 205 Å². The monoisotopic (exact) mass is 1150 g/mol. The van der Waals surface area contributed by atoms with Gasteiger partial charge in [0.15, 0.2) is 0 Å². The number of nitrogens with one attached hydrogen (secondary N) is 1. The molecule has 4 fully saturated rings. The quantitative estimate of drug-likeness (QED) is 0.144. The molecule has 0 unspecified atom stereocenters. The van der Waals surface area contributed by atoms with Gasteiger partial charge in [-0.2, -0.15) is 0 Å². The van der Waals surface area contributed by atoms with E-state index in [1.54, 1.807) is 71.3 Å². The molecule has 4 aliphatic rings. The zero-order valence-corrected chi connectivity index (χ0v) is 46.4. The van der Waals surface area contributed by atoms with E-state index in [0.29, 0.717) is 77.4 Å². The average Bonchev–Trinajstić information content (AvgIpc) is 3.40. The van der Waals surface area contributed by atoms with Crippen molar-refractivity contribution >= 4 is 97.7 Å². The lowest BCUT2D eigenvalue weighted by atomic mass is 9.96. The van der Waals surface area contributed by atoms with Crippen molar-refractivity contribution in [2.45, 2.75) is 57.2 Å². The van der Waals surface area contributed by atoms with Crippen molar-refractivity contribution < 1.29 is 13.6 Å². The number of fused-ring (bicyclic) bond motifs is 2. The summed E-state index contributed by atoms with van der Waals surface area (Å²) in [6.45, 7) is 10.4. The Balaban J connectivity index is 0.000000151. The number of aldehydes is 1. The van der Waals surface area contributed by atoms with Crippen LogP contribution in [0.5, 0.6) is 0 Å². The van der Waals surface area contributed by atoms with Crippen LogP contribution in [0.3, 0.4) is 0 Å². The van der Waals surface area contributed by atoms with Gasteiger partial charge in [0.2, 0.25) is 0 Å². The van der Waals surface area contributed by atoms with Gasteiger partial charge in [0, 0.05) is 58.2 Å². The van der Waals surface area contributed by atoms with Gasteiger partial charge in [-0.15, -0.1) is 0 Å². The summed E-state index contributed by atoms with van der Waals surface area (Å²) in [5.41, 5.74) is 5.23. The number of likely N-dealkylation sites (tertiary alicyclic amines) is 3. The fourth-order valence-electron chi connectivity index (χ4n) is 10.9. The Kier molecular flexibility index (Phi) is 17.5. The summed E-state index contributed by atoms with van der Waals surface area (Å²) in [7, 11) is 0. The molecule has 6 aromatic carbocycles. The van der Waals surface area contributed by atoms with Gasteiger partial charge in [0.05, 0.1) is 52.5 Å². The van der Waals surface area contributed by atoms with E-state index in [-0.39, 0.29) is 26.2 Å². The van der Waals surface area contributed by atoms with Crippen LogP contribution in [0, 0.1) is 11.6 Å². The third-order valence-electron chi connectivity index (χ3n) is 15.1. The highest BCUT2D eigenvalue weighted by Crippen LogP contribution is 2.40. The Morgan fingerprint density at radius 3 is 1.39 bits per heavy atom. The molecule has 0 aliphatic carbocycles. The maximum Gasteiger partial charge on any atom is 0.255 e. The van der Waals surface area contributed by atoms with Crippen LogP contribution in [0.2, 0.25) is 30.1 Å². The molecule has 6 heterocycles. The number of hydrogen-bond acceptors (Lipinski definition) is 7. The second-order valence-electron chi connectivity index (χ2n) is 19.9. The molecule has 4 saturated heterocycles. The van der Waals surface area contributed by atoms with E-state index in [1.807, 2.05) is 6.07 Å². The smallest absolute Gasteiger partial charge is 0.255 e. The lowest BCUT2D eigenvalue weighted by molar-refractivity contribution is 0.0612. The van der Waals surface area contributed by atoms with Crippen LogP contribution in [-0.2, 0) is 6.54 Å². The molecule has 2 aromatic heterocycles. The van der Waals surface area contributed by atoms with Crippen LogP contribution < -0.4 is 16.4 Å². The van der Waals surface area contributed by atoms with E-state index in [0.717, 1.165) is 55.0 Å². The van der Waals surface area contributed by atoms with Gasteiger partial charge < -0.3 is 15.1 Å². The first-order valence-electron chi connectivity index (χ1n) is 25.8. The van der Waals surface area contributed by atoms with Crippen LogP contribution in [0.1, 0.15) is 54.4 Å². The molecule has 0 atom stereocenters. The fraction of sp³-hybridized carbons (Fsp3) is 0.283. The molecule has 77 heavy (non-hydrogen) atoms. The van der Waals surface area contributed by atoms with Crippen LogP contribution in [0.25, 0.3) is 55.4 Å². The summed E-state index contributed by atoms with van der Waals surface area (Å²) in [4.78, 5) is 45.4. The maximum absolute atomic E-state index is 13.9. The summed E-state index contributed by atoms with van der Waals surface area (Å²) < 4.78 is 30.4. The minimum Gasteiger partial charge on any atom is -0.317 e. The molecule has 9 nitrogen and oxygen atoms in total. The molecule has 0 bridgehead atoms. The number of aromatic nitrogens is 2. The number of halogens is 8. The molecule has 12 rings (SSSR count). The Bertz CT molecular complexity index is 3590. The molecular formula is C60H54Cl6F2N6O3. The van der Waals surface area contributed by atoms with Crippen molar-refractivity contribution in [3.8, 4) is 33.6 Å². The summed E-state index contributed by atoms with van der Waals surface area (Å²) in [6.07, 6.45) is 8.47. The van der Waals surface area contributed by atoms with E-state index in [2.05, 4.69) is 26.1 Å². The Labute approximate surface area is 475 Å². The molecule has 8 aromatic rings. The first-order valence-corrected chi connectivity index (χ1v) is 28.1. The summed E-state index contributed by atoms with van der Waals surface area (Å²) in [5, 5.41) is 6.64. The molecule has 1 N–H and O–H groups in total. The molecule has 4 aliphatic heterocycles. The predicted octanol–water partition coefficient (Wildman–Crippen LogP) is 14.4. The van der Waals surface area contributed by atoms with Crippen LogP contribution in [0.4, 0.5) is 8.78 Å². The number of carbonyl (C=O) groups excluding carboxylic acids is 1. The largest absolute Gasteiger partial charge is 0.317 e. The number of para-hydroxylation sites is 2. The number of hydrogen-bond donors (Lipinski definition) is 1. The standard InChI is InChI=1S/C30H27Cl3FN3O.C22H11Cl3FNO2.C8H16N2/c31-25-3-1-4-26(32)30(25)37-28-16-19(18-35-13-9-21(10-14-35)36-11-2-12-36)15-24(23(28)7-8-29(37)38)22-6-5-20(34)17-27(22)33;23-17-2-1-3-18(24)22(17)27-20-9-12(11-28)8-16(15(20)6-7-21(27)29)14-5-4-13(26)10-19(14)25;1-6-10(7-1)8-2-4-9-5-3-8/h1,3-8,15-17,21H,2,9-14,18H2;1-11H;8-9H,1-7H2. The normalized spacial score (nSPS) is 16.5. The second-order valence-corrected chi connectivity index (χ2v) is 22.3. The number of nitrogens with zero attached hydrogens (tertiary/aromatic N) is 5. The molecule has 0 saturated carbocycles. The number of benzene rings is 6. The third kappa shape index (κ3) is 12.1. The predicted molar refractivity (Wildman–Crippen MR) is 312 cm³/mol. The molecule has 398 valence electrons. The number of piperidine rings is 2. The minimum absolute atomic E-state index is 0.183. The first-order chi connectivity index (χ1) is 37.3. The molecule has 17 heteroatoms. The van der Waals surface area contributed by atoms with Gasteiger partial charge in [0.25, 0.3) is 11.1 Å². The van der Waals surface area contributed by atoms with Crippen molar-refractivity contribution in [1.29, 1.82) is 0 Å². The Morgan fingerprint density at radius 2 is 0.948 bits per heavy atom. The summed E-state index contributed by atoms with van der Waals surface area (Å²) in [6, 6.07) is 33.8. The zero-order valence-electron chi connectivity index (χ0n) is 41.9. The highest BCUT2D eigenvalue weighted by molar-refractivity contribution is 6.39.